The maximum atomic E-state index is 10.0. The first-order valence-corrected chi connectivity index (χ1v) is 8.51. The van der Waals surface area contributed by atoms with Crippen LogP contribution in [0.2, 0.25) is 0 Å². The summed E-state index contributed by atoms with van der Waals surface area (Å²) in [6, 6.07) is 0. The lowest BCUT2D eigenvalue weighted by atomic mass is 10.1. The predicted octanol–water partition coefficient (Wildman–Crippen LogP) is 5.16. The van der Waals surface area contributed by atoms with Gasteiger partial charge in [0.2, 0.25) is 0 Å². The first-order chi connectivity index (χ1) is 9.68. The number of rotatable bonds is 13. The minimum Gasteiger partial charge on any atom is -0.481 e. The van der Waals surface area contributed by atoms with E-state index >= 15 is 0 Å². The van der Waals surface area contributed by atoms with E-state index in [1.807, 2.05) is 0 Å². The lowest BCUT2D eigenvalue weighted by Gasteiger charge is -1.97. The van der Waals surface area contributed by atoms with E-state index in [1.165, 1.54) is 57.8 Å². The van der Waals surface area contributed by atoms with Gasteiger partial charge < -0.3 is 10.2 Å². The van der Waals surface area contributed by atoms with Crippen LogP contribution in [0.25, 0.3) is 0 Å². The van der Waals surface area contributed by atoms with Gasteiger partial charge in [-0.25, -0.2) is 0 Å². The molecule has 0 saturated heterocycles. The van der Waals surface area contributed by atoms with Crippen LogP contribution < -0.4 is 0 Å². The van der Waals surface area contributed by atoms with Crippen molar-refractivity contribution < 1.29 is 15.0 Å². The van der Waals surface area contributed by atoms with Crippen molar-refractivity contribution in [2.45, 2.75) is 97.3 Å². The second kappa shape index (κ2) is 20.7. The highest BCUT2D eigenvalue weighted by molar-refractivity contribution is 5.66. The summed E-state index contributed by atoms with van der Waals surface area (Å²) in [6.07, 6.45) is 14.8. The van der Waals surface area contributed by atoms with E-state index in [1.54, 1.807) is 0 Å². The van der Waals surface area contributed by atoms with Gasteiger partial charge in [0.05, 0.1) is 0 Å². The summed E-state index contributed by atoms with van der Waals surface area (Å²) in [5.41, 5.74) is 0. The fourth-order valence-electron chi connectivity index (χ4n) is 1.95. The number of carboxylic acids is 1. The highest BCUT2D eigenvalue weighted by Gasteiger charge is 1.94. The van der Waals surface area contributed by atoms with Crippen molar-refractivity contribution >= 4 is 5.97 Å². The van der Waals surface area contributed by atoms with Crippen LogP contribution in [-0.4, -0.2) is 22.8 Å². The molecule has 3 heteroatoms. The Balaban J connectivity index is 0. The van der Waals surface area contributed by atoms with Crippen molar-refractivity contribution in [3.05, 3.63) is 0 Å². The second-order valence-electron chi connectivity index (χ2n) is 5.40. The third kappa shape index (κ3) is 26.1. The zero-order chi connectivity index (χ0) is 15.5. The molecule has 0 heterocycles. The number of aliphatic carboxylic acids is 1. The Morgan fingerprint density at radius 2 is 1.10 bits per heavy atom. The van der Waals surface area contributed by atoms with Gasteiger partial charge in [-0.1, -0.05) is 78.1 Å². The van der Waals surface area contributed by atoms with E-state index < -0.39 is 5.97 Å². The second-order valence-corrected chi connectivity index (χ2v) is 5.40. The largest absolute Gasteiger partial charge is 0.481 e. The average Bonchev–Trinajstić information content (AvgIpc) is 2.43. The number of carbonyl (C=O) groups is 1. The van der Waals surface area contributed by atoms with E-state index in [0.29, 0.717) is 13.0 Å². The summed E-state index contributed by atoms with van der Waals surface area (Å²) < 4.78 is 0. The summed E-state index contributed by atoms with van der Waals surface area (Å²) in [4.78, 5) is 10.0. The van der Waals surface area contributed by atoms with Crippen LogP contribution in [0.3, 0.4) is 0 Å². The molecular weight excluding hydrogens is 252 g/mol. The zero-order valence-corrected chi connectivity index (χ0v) is 13.7. The standard InChI is InChI=1S/C9H20O.C8H16O2/c1-2-3-4-5-6-7-8-9-10;1-2-3-4-5-6-7-8(9)10/h10H,2-9H2,1H3;2-7H2,1H3,(H,9,10). The van der Waals surface area contributed by atoms with Gasteiger partial charge in [0.25, 0.3) is 0 Å². The van der Waals surface area contributed by atoms with Gasteiger partial charge >= 0.3 is 5.97 Å². The van der Waals surface area contributed by atoms with Crippen LogP contribution in [0.1, 0.15) is 97.3 Å². The highest BCUT2D eigenvalue weighted by Crippen LogP contribution is 2.06. The topological polar surface area (TPSA) is 57.5 Å². The Morgan fingerprint density at radius 1 is 0.700 bits per heavy atom. The van der Waals surface area contributed by atoms with Crippen molar-refractivity contribution in [2.75, 3.05) is 6.61 Å². The average molecular weight is 288 g/mol. The number of hydrogen-bond donors (Lipinski definition) is 2. The van der Waals surface area contributed by atoms with E-state index in [0.717, 1.165) is 19.3 Å². The van der Waals surface area contributed by atoms with E-state index in [-0.39, 0.29) is 0 Å². The van der Waals surface area contributed by atoms with Gasteiger partial charge in [-0.15, -0.1) is 0 Å². The van der Waals surface area contributed by atoms with Crippen molar-refractivity contribution in [1.29, 1.82) is 0 Å². The molecule has 0 aromatic heterocycles. The Bertz CT molecular complexity index is 173. The fraction of sp³-hybridized carbons (Fsp3) is 0.941. The molecule has 0 unspecified atom stereocenters. The van der Waals surface area contributed by atoms with E-state index in [2.05, 4.69) is 13.8 Å². The predicted molar refractivity (Wildman–Crippen MR) is 86.1 cm³/mol. The summed E-state index contributed by atoms with van der Waals surface area (Å²) in [6.45, 7) is 4.75. The van der Waals surface area contributed by atoms with Crippen LogP contribution in [0.4, 0.5) is 0 Å². The lowest BCUT2D eigenvalue weighted by Crippen LogP contribution is -1.93. The third-order valence-corrected chi connectivity index (χ3v) is 3.26. The van der Waals surface area contributed by atoms with Crippen LogP contribution in [0.15, 0.2) is 0 Å². The van der Waals surface area contributed by atoms with Crippen molar-refractivity contribution in [3.8, 4) is 0 Å². The summed E-state index contributed by atoms with van der Waals surface area (Å²) >= 11 is 0. The Morgan fingerprint density at radius 3 is 1.50 bits per heavy atom. The Labute approximate surface area is 125 Å². The maximum absolute atomic E-state index is 10.0. The Kier molecular flexibility index (Phi) is 22.5. The molecule has 0 atom stereocenters. The molecule has 0 bridgehead atoms. The van der Waals surface area contributed by atoms with Gasteiger partial charge in [0, 0.05) is 13.0 Å². The molecule has 0 amide bonds. The number of hydrogen-bond acceptors (Lipinski definition) is 2. The van der Waals surface area contributed by atoms with Crippen LogP contribution >= 0.6 is 0 Å². The van der Waals surface area contributed by atoms with Crippen LogP contribution in [0, 0.1) is 0 Å². The fourth-order valence-corrected chi connectivity index (χ4v) is 1.95. The first kappa shape index (κ1) is 21.7. The molecular formula is C17H36O3. The molecule has 20 heavy (non-hydrogen) atoms. The molecule has 0 fully saturated rings. The van der Waals surface area contributed by atoms with Gasteiger partial charge in [-0.2, -0.15) is 0 Å². The maximum Gasteiger partial charge on any atom is 0.303 e. The number of unbranched alkanes of at least 4 members (excludes halogenated alkanes) is 10. The normalized spacial score (nSPS) is 9.95. The highest BCUT2D eigenvalue weighted by atomic mass is 16.4. The molecule has 0 saturated carbocycles. The minimum absolute atomic E-state index is 0.337. The van der Waals surface area contributed by atoms with Gasteiger partial charge in [0.15, 0.2) is 0 Å². The van der Waals surface area contributed by atoms with Gasteiger partial charge in [-0.3, -0.25) is 4.79 Å². The van der Waals surface area contributed by atoms with Gasteiger partial charge in [-0.05, 0) is 12.8 Å². The molecule has 122 valence electrons. The van der Waals surface area contributed by atoms with Gasteiger partial charge in [0.1, 0.15) is 0 Å². The molecule has 0 spiro atoms. The van der Waals surface area contributed by atoms with Crippen molar-refractivity contribution in [1.82, 2.24) is 0 Å². The third-order valence-electron chi connectivity index (χ3n) is 3.26. The zero-order valence-electron chi connectivity index (χ0n) is 13.7. The molecule has 0 radical (unpaired) electrons. The van der Waals surface area contributed by atoms with E-state index in [4.69, 9.17) is 10.2 Å². The molecule has 3 nitrogen and oxygen atoms in total. The molecule has 0 aliphatic carbocycles. The smallest absolute Gasteiger partial charge is 0.303 e. The quantitative estimate of drug-likeness (QED) is 0.460. The van der Waals surface area contributed by atoms with E-state index in [9.17, 15) is 4.79 Å². The Hall–Kier alpha value is -0.570. The molecule has 0 aliphatic rings. The molecule has 0 aromatic rings. The lowest BCUT2D eigenvalue weighted by molar-refractivity contribution is -0.137. The van der Waals surface area contributed by atoms with Crippen LogP contribution in [-0.2, 0) is 4.79 Å². The number of aliphatic hydroxyl groups excluding tert-OH is 1. The molecule has 0 aliphatic heterocycles. The minimum atomic E-state index is -0.670. The van der Waals surface area contributed by atoms with Crippen molar-refractivity contribution in [2.24, 2.45) is 0 Å². The van der Waals surface area contributed by atoms with Crippen molar-refractivity contribution in [3.63, 3.8) is 0 Å². The molecule has 0 aromatic carbocycles. The summed E-state index contributed by atoms with van der Waals surface area (Å²) in [5.74, 6) is -0.670. The first-order valence-electron chi connectivity index (χ1n) is 8.51. The monoisotopic (exact) mass is 288 g/mol. The SMILES string of the molecule is CCCCCCCC(=O)O.CCCCCCCCCO. The number of aliphatic hydroxyl groups is 1. The number of carboxylic acid groups (broad SMARTS) is 1. The molecule has 2 N–H and O–H groups in total. The summed E-state index contributed by atoms with van der Waals surface area (Å²) in [5, 5.41) is 16.7. The molecule has 0 rings (SSSR count). The van der Waals surface area contributed by atoms with Crippen LogP contribution in [0.5, 0.6) is 0 Å². The summed E-state index contributed by atoms with van der Waals surface area (Å²) in [7, 11) is 0.